The highest BCUT2D eigenvalue weighted by atomic mass is 32.2. The van der Waals surface area contributed by atoms with Crippen LogP contribution in [0.4, 0.5) is 11.6 Å². The van der Waals surface area contributed by atoms with Crippen LogP contribution >= 0.6 is 11.8 Å². The van der Waals surface area contributed by atoms with E-state index in [0.717, 1.165) is 17.3 Å². The number of aromatic nitrogens is 3. The lowest BCUT2D eigenvalue weighted by Crippen LogP contribution is -2.27. The van der Waals surface area contributed by atoms with E-state index >= 15 is 0 Å². The van der Waals surface area contributed by atoms with E-state index in [1.165, 1.54) is 0 Å². The van der Waals surface area contributed by atoms with E-state index in [9.17, 15) is 9.59 Å². The SMILES string of the molecule is CCOC(=O)CSc1nnc(N)n1C(CC)C(=O)Nc1ccc(C)cc1. The molecule has 0 radical (unpaired) electrons. The van der Waals surface area contributed by atoms with Crippen LogP contribution in [-0.2, 0) is 14.3 Å². The van der Waals surface area contributed by atoms with Crippen LogP contribution in [0.2, 0.25) is 0 Å². The number of rotatable bonds is 8. The highest BCUT2D eigenvalue weighted by Gasteiger charge is 2.25. The van der Waals surface area contributed by atoms with E-state index in [1.807, 2.05) is 38.1 Å². The Hall–Kier alpha value is -2.55. The number of nitrogens with two attached hydrogens (primary N) is 1. The van der Waals surface area contributed by atoms with Crippen molar-refractivity contribution in [2.45, 2.75) is 38.4 Å². The quantitative estimate of drug-likeness (QED) is 0.536. The van der Waals surface area contributed by atoms with Crippen molar-refractivity contribution in [2.75, 3.05) is 23.4 Å². The van der Waals surface area contributed by atoms with Gasteiger partial charge in [0, 0.05) is 5.69 Å². The van der Waals surface area contributed by atoms with E-state index in [2.05, 4.69) is 15.5 Å². The van der Waals surface area contributed by atoms with Crippen LogP contribution in [-0.4, -0.2) is 39.0 Å². The summed E-state index contributed by atoms with van der Waals surface area (Å²) in [6, 6.07) is 6.93. The molecule has 140 valence electrons. The summed E-state index contributed by atoms with van der Waals surface area (Å²) in [5, 5.41) is 11.1. The van der Waals surface area contributed by atoms with Crippen molar-refractivity contribution < 1.29 is 14.3 Å². The van der Waals surface area contributed by atoms with Gasteiger partial charge in [-0.15, -0.1) is 10.2 Å². The molecule has 0 spiro atoms. The minimum Gasteiger partial charge on any atom is -0.465 e. The van der Waals surface area contributed by atoms with Crippen LogP contribution in [0.25, 0.3) is 0 Å². The molecule has 1 aromatic carbocycles. The lowest BCUT2D eigenvalue weighted by molar-refractivity contribution is -0.139. The third-order valence-corrected chi connectivity index (χ3v) is 4.55. The Balaban J connectivity index is 2.15. The Morgan fingerprint density at radius 3 is 2.58 bits per heavy atom. The fraction of sp³-hybridized carbons (Fsp3) is 0.412. The van der Waals surface area contributed by atoms with Gasteiger partial charge in [0.05, 0.1) is 12.4 Å². The third kappa shape index (κ3) is 4.98. The van der Waals surface area contributed by atoms with Gasteiger partial charge in [0.25, 0.3) is 0 Å². The third-order valence-electron chi connectivity index (χ3n) is 3.64. The van der Waals surface area contributed by atoms with Crippen molar-refractivity contribution in [3.05, 3.63) is 29.8 Å². The fourth-order valence-electron chi connectivity index (χ4n) is 2.35. The molecule has 0 aliphatic rings. The molecular formula is C17H23N5O3S. The molecule has 0 saturated heterocycles. The summed E-state index contributed by atoms with van der Waals surface area (Å²) >= 11 is 1.14. The van der Waals surface area contributed by atoms with Gasteiger partial charge in [-0.25, -0.2) is 0 Å². The number of ether oxygens (including phenoxy) is 1. The topological polar surface area (TPSA) is 112 Å². The van der Waals surface area contributed by atoms with Crippen LogP contribution in [0.1, 0.15) is 31.9 Å². The lowest BCUT2D eigenvalue weighted by atomic mass is 10.2. The number of esters is 1. The average molecular weight is 377 g/mol. The number of anilines is 2. The maximum atomic E-state index is 12.7. The Bertz CT molecular complexity index is 760. The van der Waals surface area contributed by atoms with E-state index < -0.39 is 6.04 Å². The van der Waals surface area contributed by atoms with Crippen molar-refractivity contribution in [3.8, 4) is 0 Å². The Morgan fingerprint density at radius 1 is 1.27 bits per heavy atom. The summed E-state index contributed by atoms with van der Waals surface area (Å²) in [5.74, 6) is -0.381. The molecule has 26 heavy (non-hydrogen) atoms. The molecule has 9 heteroatoms. The molecule has 1 atom stereocenters. The highest BCUT2D eigenvalue weighted by molar-refractivity contribution is 7.99. The van der Waals surface area contributed by atoms with Crippen molar-refractivity contribution in [1.29, 1.82) is 0 Å². The van der Waals surface area contributed by atoms with Gasteiger partial charge < -0.3 is 15.8 Å². The van der Waals surface area contributed by atoms with Crippen molar-refractivity contribution in [3.63, 3.8) is 0 Å². The first-order chi connectivity index (χ1) is 12.5. The normalized spacial score (nSPS) is 11.8. The van der Waals surface area contributed by atoms with Crippen LogP contribution in [0.15, 0.2) is 29.4 Å². The van der Waals surface area contributed by atoms with Gasteiger partial charge in [0.15, 0.2) is 5.16 Å². The average Bonchev–Trinajstić information content (AvgIpc) is 2.97. The fourth-order valence-corrected chi connectivity index (χ4v) is 3.14. The van der Waals surface area contributed by atoms with Crippen LogP contribution in [0, 0.1) is 6.92 Å². The van der Waals surface area contributed by atoms with Crippen LogP contribution in [0.5, 0.6) is 0 Å². The van der Waals surface area contributed by atoms with Gasteiger partial charge in [0.2, 0.25) is 11.9 Å². The summed E-state index contributed by atoms with van der Waals surface area (Å²) in [6.07, 6.45) is 0.493. The number of thioether (sulfide) groups is 1. The van der Waals surface area contributed by atoms with Crippen molar-refractivity contribution >= 4 is 35.3 Å². The number of nitrogen functional groups attached to an aromatic ring is 1. The minimum atomic E-state index is -0.587. The first-order valence-electron chi connectivity index (χ1n) is 8.32. The molecule has 0 bridgehead atoms. The van der Waals surface area contributed by atoms with Gasteiger partial charge in [0.1, 0.15) is 6.04 Å². The zero-order chi connectivity index (χ0) is 19.1. The molecule has 0 aliphatic carbocycles. The monoisotopic (exact) mass is 377 g/mol. The molecule has 0 aliphatic heterocycles. The van der Waals surface area contributed by atoms with Crippen LogP contribution < -0.4 is 11.1 Å². The van der Waals surface area contributed by atoms with E-state index in [-0.39, 0.29) is 23.6 Å². The second kappa shape index (κ2) is 9.23. The molecule has 3 N–H and O–H groups in total. The molecule has 2 rings (SSSR count). The molecule has 1 amide bonds. The largest absolute Gasteiger partial charge is 0.465 e. The number of benzene rings is 1. The van der Waals surface area contributed by atoms with Gasteiger partial charge in [-0.3, -0.25) is 14.2 Å². The van der Waals surface area contributed by atoms with Crippen molar-refractivity contribution in [2.24, 2.45) is 0 Å². The smallest absolute Gasteiger partial charge is 0.316 e. The number of amides is 1. The predicted molar refractivity (Wildman–Crippen MR) is 101 cm³/mol. The molecule has 1 unspecified atom stereocenters. The maximum Gasteiger partial charge on any atom is 0.316 e. The maximum absolute atomic E-state index is 12.7. The number of nitrogens with zero attached hydrogens (tertiary/aromatic N) is 3. The summed E-state index contributed by atoms with van der Waals surface area (Å²) in [7, 11) is 0. The number of aryl methyl sites for hydroxylation is 1. The zero-order valence-electron chi connectivity index (χ0n) is 15.1. The highest BCUT2D eigenvalue weighted by Crippen LogP contribution is 2.26. The lowest BCUT2D eigenvalue weighted by Gasteiger charge is -2.19. The first kappa shape index (κ1) is 19.8. The van der Waals surface area contributed by atoms with E-state index in [1.54, 1.807) is 11.5 Å². The summed E-state index contributed by atoms with van der Waals surface area (Å²) < 4.78 is 6.45. The van der Waals surface area contributed by atoms with Gasteiger partial charge in [-0.1, -0.05) is 36.4 Å². The second-order valence-electron chi connectivity index (χ2n) is 5.58. The zero-order valence-corrected chi connectivity index (χ0v) is 15.9. The van der Waals surface area contributed by atoms with Crippen LogP contribution in [0.3, 0.4) is 0 Å². The number of carbonyl (C=O) groups excluding carboxylic acids is 2. The van der Waals surface area contributed by atoms with Crippen molar-refractivity contribution in [1.82, 2.24) is 14.8 Å². The Morgan fingerprint density at radius 2 is 1.96 bits per heavy atom. The van der Waals surface area contributed by atoms with E-state index in [0.29, 0.717) is 23.9 Å². The molecule has 2 aromatic rings. The van der Waals surface area contributed by atoms with Gasteiger partial charge >= 0.3 is 5.97 Å². The Labute approximate surface area is 156 Å². The Kier molecular flexibility index (Phi) is 7.02. The first-order valence-corrected chi connectivity index (χ1v) is 9.31. The number of hydrogen-bond acceptors (Lipinski definition) is 7. The minimum absolute atomic E-state index is 0.0714. The standard InChI is InChI=1S/C17H23N5O3S/c1-4-13(15(24)19-12-8-6-11(3)7-9-12)22-16(18)20-21-17(22)26-10-14(23)25-5-2/h6-9,13H,4-5,10H2,1-3H3,(H2,18,20)(H,19,24). The number of carbonyl (C=O) groups is 2. The van der Waals surface area contributed by atoms with Gasteiger partial charge in [-0.2, -0.15) is 0 Å². The summed E-state index contributed by atoms with van der Waals surface area (Å²) in [5.41, 5.74) is 7.72. The van der Waals surface area contributed by atoms with E-state index in [4.69, 9.17) is 10.5 Å². The number of hydrogen-bond donors (Lipinski definition) is 2. The molecule has 8 nitrogen and oxygen atoms in total. The molecule has 1 heterocycles. The summed E-state index contributed by atoms with van der Waals surface area (Å²) in [6.45, 7) is 5.90. The molecular weight excluding hydrogens is 354 g/mol. The summed E-state index contributed by atoms with van der Waals surface area (Å²) in [4.78, 5) is 24.3. The molecule has 0 fully saturated rings. The predicted octanol–water partition coefficient (Wildman–Crippen LogP) is 2.41. The molecule has 1 aromatic heterocycles. The second-order valence-corrected chi connectivity index (χ2v) is 6.53. The van der Waals surface area contributed by atoms with Gasteiger partial charge in [-0.05, 0) is 32.4 Å². The number of nitrogens with one attached hydrogen (secondary N) is 1. The molecule has 0 saturated carbocycles.